The SMILES string of the molecule is C.Cc1cc(C(F)(C(F)(F)F)C(F)(F)F)cc(C)c1N.Cc1cc(C(F)(C(F)(F)F)C(F)(F)F)cc(C)c1NC(=O)c1cc(C#N)cc([N+](=O)[O-])c1.N#Cc1cc(C(=O)O)cc([N+](=O)[O-])c1. The summed E-state index contributed by atoms with van der Waals surface area (Å²) in [7, 11) is 0. The van der Waals surface area contributed by atoms with Crippen molar-refractivity contribution in [3.8, 4) is 12.1 Å². The zero-order valence-electron chi connectivity index (χ0n) is 32.8. The summed E-state index contributed by atoms with van der Waals surface area (Å²) in [5.41, 5.74) is -11.7. The van der Waals surface area contributed by atoms with E-state index in [0.717, 1.165) is 50.2 Å². The van der Waals surface area contributed by atoms with Crippen molar-refractivity contribution in [2.45, 2.75) is 71.2 Å². The molecular formula is C39H30F14N6O7. The van der Waals surface area contributed by atoms with Crippen molar-refractivity contribution in [3.63, 3.8) is 0 Å². The number of aromatic carboxylic acids is 1. The highest BCUT2D eigenvalue weighted by Gasteiger charge is 2.74. The molecule has 0 spiro atoms. The van der Waals surface area contributed by atoms with E-state index in [4.69, 9.17) is 21.4 Å². The van der Waals surface area contributed by atoms with Gasteiger partial charge in [0.2, 0.25) is 0 Å². The van der Waals surface area contributed by atoms with Crippen molar-refractivity contribution < 1.29 is 86.0 Å². The number of nitro groups is 2. The second-order valence-electron chi connectivity index (χ2n) is 13.4. The molecule has 27 heteroatoms. The lowest BCUT2D eigenvalue weighted by Gasteiger charge is -2.31. The summed E-state index contributed by atoms with van der Waals surface area (Å²) in [6, 6.07) is 10.5. The first-order valence-electron chi connectivity index (χ1n) is 17.0. The minimum Gasteiger partial charge on any atom is -0.478 e. The second-order valence-corrected chi connectivity index (χ2v) is 13.4. The Morgan fingerprint density at radius 2 is 0.879 bits per heavy atom. The fourth-order valence-electron chi connectivity index (χ4n) is 5.51. The topological polar surface area (TPSA) is 226 Å². The number of nitrogens with one attached hydrogen (secondary N) is 1. The van der Waals surface area contributed by atoms with E-state index in [1.807, 2.05) is 0 Å². The van der Waals surface area contributed by atoms with E-state index in [-0.39, 0.29) is 63.3 Å². The number of carboxylic acids is 1. The van der Waals surface area contributed by atoms with E-state index in [9.17, 15) is 91.3 Å². The van der Waals surface area contributed by atoms with E-state index < -0.39 is 80.3 Å². The summed E-state index contributed by atoms with van der Waals surface area (Å²) in [5.74, 6) is -2.33. The maximum Gasteiger partial charge on any atom is 0.435 e. The molecule has 0 saturated carbocycles. The van der Waals surface area contributed by atoms with Gasteiger partial charge in [-0.1, -0.05) is 31.7 Å². The summed E-state index contributed by atoms with van der Waals surface area (Å²) in [6.07, 6.45) is -24.8. The lowest BCUT2D eigenvalue weighted by molar-refractivity contribution is -0.385. The molecule has 4 rings (SSSR count). The predicted octanol–water partition coefficient (Wildman–Crippen LogP) is 11.6. The minimum atomic E-state index is -6.30. The number of nitriles is 2. The number of aryl methyl sites for hydroxylation is 4. The number of nitrogens with two attached hydrogens (primary N) is 1. The first-order chi connectivity index (χ1) is 29.4. The van der Waals surface area contributed by atoms with Crippen LogP contribution >= 0.6 is 0 Å². The molecule has 0 fully saturated rings. The number of carbonyl (C=O) groups excluding carboxylic acids is 1. The molecule has 13 nitrogen and oxygen atoms in total. The number of carbonyl (C=O) groups is 2. The zero-order valence-corrected chi connectivity index (χ0v) is 32.8. The van der Waals surface area contributed by atoms with Crippen LogP contribution in [0.1, 0.15) is 72.7 Å². The van der Waals surface area contributed by atoms with Crippen molar-refractivity contribution in [1.82, 2.24) is 0 Å². The lowest BCUT2D eigenvalue weighted by atomic mass is 9.90. The van der Waals surface area contributed by atoms with Gasteiger partial charge in [-0.25, -0.2) is 13.6 Å². The van der Waals surface area contributed by atoms with Crippen LogP contribution in [0.4, 0.5) is 84.2 Å². The molecule has 356 valence electrons. The fourth-order valence-corrected chi connectivity index (χ4v) is 5.51. The molecule has 0 aromatic heterocycles. The quantitative estimate of drug-likeness (QED) is 0.0687. The van der Waals surface area contributed by atoms with Crippen LogP contribution in [0.15, 0.2) is 60.7 Å². The normalized spacial score (nSPS) is 11.8. The Kier molecular flexibility index (Phi) is 17.2. The van der Waals surface area contributed by atoms with Crippen molar-refractivity contribution in [2.24, 2.45) is 0 Å². The van der Waals surface area contributed by atoms with E-state index in [1.165, 1.54) is 13.8 Å². The number of hydrogen-bond acceptors (Lipinski definition) is 9. The Labute approximate surface area is 362 Å². The number of halogens is 14. The summed E-state index contributed by atoms with van der Waals surface area (Å²) in [6.45, 7) is 4.51. The number of carboxylic acid groups (broad SMARTS) is 1. The molecule has 0 radical (unpaired) electrons. The number of hydrogen-bond donors (Lipinski definition) is 3. The summed E-state index contributed by atoms with van der Waals surface area (Å²) in [4.78, 5) is 42.7. The number of non-ortho nitro benzene ring substituents is 2. The van der Waals surface area contributed by atoms with Crippen molar-refractivity contribution in [2.75, 3.05) is 11.1 Å². The van der Waals surface area contributed by atoms with Crippen molar-refractivity contribution in [3.05, 3.63) is 137 Å². The number of anilines is 2. The molecule has 0 saturated heterocycles. The van der Waals surface area contributed by atoms with E-state index in [1.54, 1.807) is 12.1 Å². The molecule has 4 aromatic rings. The minimum absolute atomic E-state index is 0. The highest BCUT2D eigenvalue weighted by molar-refractivity contribution is 6.05. The van der Waals surface area contributed by atoms with Crippen LogP contribution in [0, 0.1) is 70.6 Å². The number of amides is 1. The van der Waals surface area contributed by atoms with Crippen LogP contribution in [0.5, 0.6) is 0 Å². The average Bonchev–Trinajstić information content (AvgIpc) is 3.18. The van der Waals surface area contributed by atoms with Gasteiger partial charge in [0.15, 0.2) is 0 Å². The largest absolute Gasteiger partial charge is 0.478 e. The van der Waals surface area contributed by atoms with Gasteiger partial charge in [0.1, 0.15) is 0 Å². The van der Waals surface area contributed by atoms with E-state index >= 15 is 0 Å². The average molecular weight is 961 g/mol. The molecule has 0 aliphatic rings. The number of benzene rings is 4. The maximum atomic E-state index is 14.3. The molecule has 0 atom stereocenters. The molecule has 66 heavy (non-hydrogen) atoms. The number of nitro benzene ring substituents is 2. The Morgan fingerprint density at radius 1 is 0.576 bits per heavy atom. The fraction of sp³-hybridized carbons (Fsp3) is 0.282. The Bertz CT molecular complexity index is 2510. The molecule has 0 bridgehead atoms. The van der Waals surface area contributed by atoms with Gasteiger partial charge >= 0.3 is 42.0 Å². The van der Waals surface area contributed by atoms with Crippen LogP contribution in [0.3, 0.4) is 0 Å². The second kappa shape index (κ2) is 20.1. The molecule has 0 aliphatic heterocycles. The van der Waals surface area contributed by atoms with Crippen LogP contribution < -0.4 is 11.1 Å². The van der Waals surface area contributed by atoms with Crippen molar-refractivity contribution in [1.29, 1.82) is 10.5 Å². The maximum absolute atomic E-state index is 14.3. The van der Waals surface area contributed by atoms with Crippen molar-refractivity contribution >= 4 is 34.6 Å². The Hall–Kier alpha value is -7.58. The van der Waals surface area contributed by atoms with Crippen LogP contribution in [-0.4, -0.2) is 51.5 Å². The number of nitrogen functional groups attached to an aromatic ring is 1. The highest BCUT2D eigenvalue weighted by Crippen LogP contribution is 2.55. The Balaban J connectivity index is 0.000000543. The van der Waals surface area contributed by atoms with Crippen LogP contribution in [-0.2, 0) is 11.3 Å². The van der Waals surface area contributed by atoms with Gasteiger partial charge in [0, 0.05) is 52.3 Å². The molecule has 0 heterocycles. The molecule has 0 unspecified atom stereocenters. The Morgan fingerprint density at radius 3 is 1.17 bits per heavy atom. The van der Waals surface area contributed by atoms with Gasteiger partial charge in [0.25, 0.3) is 17.3 Å². The molecular weight excluding hydrogens is 930 g/mol. The smallest absolute Gasteiger partial charge is 0.435 e. The molecule has 4 aromatic carbocycles. The predicted molar refractivity (Wildman–Crippen MR) is 203 cm³/mol. The van der Waals surface area contributed by atoms with Crippen LogP contribution in [0.2, 0.25) is 0 Å². The van der Waals surface area contributed by atoms with Gasteiger partial charge in [-0.2, -0.15) is 63.2 Å². The van der Waals surface area contributed by atoms with Gasteiger partial charge in [0.05, 0.1) is 38.7 Å². The van der Waals surface area contributed by atoms with E-state index in [0.29, 0.717) is 24.3 Å². The summed E-state index contributed by atoms with van der Waals surface area (Å²) >= 11 is 0. The number of nitrogens with zero attached hydrogens (tertiary/aromatic N) is 4. The van der Waals surface area contributed by atoms with Gasteiger partial charge in [-0.15, -0.1) is 0 Å². The third kappa shape index (κ3) is 12.0. The third-order valence-electron chi connectivity index (χ3n) is 8.75. The van der Waals surface area contributed by atoms with Crippen LogP contribution in [0.25, 0.3) is 0 Å². The van der Waals surface area contributed by atoms with Gasteiger partial charge in [-0.3, -0.25) is 25.0 Å². The molecule has 0 aliphatic carbocycles. The first-order valence-corrected chi connectivity index (χ1v) is 17.0. The van der Waals surface area contributed by atoms with E-state index in [2.05, 4.69) is 5.32 Å². The monoisotopic (exact) mass is 960 g/mol. The highest BCUT2D eigenvalue weighted by atomic mass is 19.4. The zero-order chi connectivity index (χ0) is 50.6. The van der Waals surface area contributed by atoms with Gasteiger partial charge < -0.3 is 16.2 Å². The number of rotatable bonds is 7. The third-order valence-corrected chi connectivity index (χ3v) is 8.75. The van der Waals surface area contributed by atoms with Gasteiger partial charge in [-0.05, 0) is 62.1 Å². The molecule has 1 amide bonds. The number of alkyl halides is 14. The first kappa shape index (κ1) is 56.4. The summed E-state index contributed by atoms with van der Waals surface area (Å²) < 4.78 is 181. The molecule has 4 N–H and O–H groups in total. The standard InChI is InChI=1S/C19H12F7N3O3.C11H10F7N.C8H4N2O4.CH4/c1-9-3-13(17(20,18(21,22)23)19(24,25)26)4-10(2)15(9)28-16(30)12-5-11(8-27)6-14(7-12)29(31)32;1-5-3-7(4-6(2)8(5)19)9(12,10(13,14)15)11(16,17)18;9-4-5-1-6(8(11)12)3-7(2-5)10(13)14;/h3-7H,1-2H3,(H,28,30);3-4H,19H2,1-2H3;1-3H,(H,11,12);1H4. The lowest BCUT2D eigenvalue weighted by Crippen LogP contribution is -2.50. The summed E-state index contributed by atoms with van der Waals surface area (Å²) in [5, 5.41) is 49.5.